The van der Waals surface area contributed by atoms with E-state index in [2.05, 4.69) is 4.84 Å². The minimum Gasteiger partial charge on any atom is -0.282 e. The predicted octanol–water partition coefficient (Wildman–Crippen LogP) is 2.19. The lowest BCUT2D eigenvalue weighted by Crippen LogP contribution is -2.07. The van der Waals surface area contributed by atoms with Crippen LogP contribution >= 0.6 is 11.6 Å². The Kier molecular flexibility index (Phi) is 3.40. The van der Waals surface area contributed by atoms with E-state index in [1.165, 1.54) is 0 Å². The summed E-state index contributed by atoms with van der Waals surface area (Å²) >= 11 is 5.66. The van der Waals surface area contributed by atoms with Crippen molar-refractivity contribution in [3.8, 4) is 0 Å². The van der Waals surface area contributed by atoms with Gasteiger partial charge in [-0.1, -0.05) is 30.3 Å². The largest absolute Gasteiger partial charge is 0.360 e. The second-order valence-corrected chi connectivity index (χ2v) is 2.69. The molecule has 1 rings (SSSR count). The molecular weight excluding hydrogens is 194 g/mol. The molecule has 0 amide bonds. The third-order valence-electron chi connectivity index (χ3n) is 1.43. The number of rotatable bonds is 3. The number of alkyl halides is 1. The van der Waals surface area contributed by atoms with Crippen LogP contribution in [0.4, 0.5) is 0 Å². The molecule has 0 bridgehead atoms. The quantitative estimate of drug-likeness (QED) is 0.426. The number of carbonyl (C=O) groups is 1. The average molecular weight is 200 g/mol. The SMILES string of the molecule is O=NOC(=O)[C@H](Cl)c1ccccc1. The topological polar surface area (TPSA) is 55.7 Å². The molecule has 0 heterocycles. The molecular formula is C8H6ClNO3. The van der Waals surface area contributed by atoms with Crippen molar-refractivity contribution < 1.29 is 9.63 Å². The lowest BCUT2D eigenvalue weighted by Gasteiger charge is -2.03. The fourth-order valence-corrected chi connectivity index (χ4v) is 1.03. The van der Waals surface area contributed by atoms with Crippen LogP contribution in [0.5, 0.6) is 0 Å². The summed E-state index contributed by atoms with van der Waals surface area (Å²) in [5.41, 5.74) is 0.567. The van der Waals surface area contributed by atoms with Gasteiger partial charge in [-0.3, -0.25) is 4.84 Å². The zero-order chi connectivity index (χ0) is 9.68. The minimum absolute atomic E-state index is 0.567. The number of carbonyl (C=O) groups excluding carboxylic acids is 1. The Morgan fingerprint density at radius 3 is 2.54 bits per heavy atom. The predicted molar refractivity (Wildman–Crippen MR) is 46.9 cm³/mol. The average Bonchev–Trinajstić information content (AvgIpc) is 2.18. The third-order valence-corrected chi connectivity index (χ3v) is 1.86. The molecule has 0 N–H and O–H groups in total. The van der Waals surface area contributed by atoms with E-state index in [0.717, 1.165) is 0 Å². The summed E-state index contributed by atoms with van der Waals surface area (Å²) in [7, 11) is 0. The van der Waals surface area contributed by atoms with E-state index in [1.54, 1.807) is 30.3 Å². The van der Waals surface area contributed by atoms with Crippen molar-refractivity contribution in [2.24, 2.45) is 5.34 Å². The van der Waals surface area contributed by atoms with Crippen LogP contribution in [0, 0.1) is 4.91 Å². The normalized spacial score (nSPS) is 11.8. The molecule has 0 fully saturated rings. The van der Waals surface area contributed by atoms with Gasteiger partial charge >= 0.3 is 5.97 Å². The van der Waals surface area contributed by atoms with Gasteiger partial charge in [0.2, 0.25) is 0 Å². The number of halogens is 1. The number of hydrogen-bond acceptors (Lipinski definition) is 4. The van der Waals surface area contributed by atoms with E-state index in [0.29, 0.717) is 5.56 Å². The van der Waals surface area contributed by atoms with Crippen LogP contribution in [-0.4, -0.2) is 5.97 Å². The molecule has 0 spiro atoms. The van der Waals surface area contributed by atoms with Crippen LogP contribution in [0.25, 0.3) is 0 Å². The molecule has 1 aromatic rings. The van der Waals surface area contributed by atoms with Gasteiger partial charge in [0.05, 0.1) is 0 Å². The number of benzene rings is 1. The smallest absolute Gasteiger partial charge is 0.282 e. The lowest BCUT2D eigenvalue weighted by atomic mass is 10.1. The Balaban J connectivity index is 2.73. The van der Waals surface area contributed by atoms with Crippen LogP contribution < -0.4 is 0 Å². The summed E-state index contributed by atoms with van der Waals surface area (Å²) in [4.78, 5) is 24.4. The molecule has 4 nitrogen and oxygen atoms in total. The van der Waals surface area contributed by atoms with E-state index < -0.39 is 11.3 Å². The summed E-state index contributed by atoms with van der Waals surface area (Å²) in [5, 5.41) is 1.01. The first kappa shape index (κ1) is 9.67. The zero-order valence-corrected chi connectivity index (χ0v) is 7.27. The van der Waals surface area contributed by atoms with Gasteiger partial charge in [-0.2, -0.15) is 0 Å². The Labute approximate surface area is 79.4 Å². The first-order valence-corrected chi connectivity index (χ1v) is 3.92. The highest BCUT2D eigenvalue weighted by Gasteiger charge is 2.19. The van der Waals surface area contributed by atoms with Gasteiger partial charge in [-0.05, 0) is 5.56 Å². The maximum absolute atomic E-state index is 10.9. The molecule has 0 saturated heterocycles. The molecule has 0 aliphatic carbocycles. The van der Waals surface area contributed by atoms with Crippen molar-refractivity contribution in [2.45, 2.75) is 5.38 Å². The molecule has 0 radical (unpaired) electrons. The maximum Gasteiger partial charge on any atom is 0.360 e. The van der Waals surface area contributed by atoms with Gasteiger partial charge in [-0.25, -0.2) is 4.79 Å². The molecule has 1 atom stereocenters. The van der Waals surface area contributed by atoms with Crippen LogP contribution in [0.15, 0.2) is 35.7 Å². The van der Waals surface area contributed by atoms with Crippen molar-refractivity contribution in [1.82, 2.24) is 0 Å². The molecule has 0 saturated carbocycles. The van der Waals surface area contributed by atoms with Crippen molar-refractivity contribution in [3.63, 3.8) is 0 Å². The molecule has 0 aliphatic rings. The first-order valence-electron chi connectivity index (χ1n) is 3.48. The molecule has 0 aliphatic heterocycles. The number of hydrogen-bond donors (Lipinski definition) is 0. The summed E-state index contributed by atoms with van der Waals surface area (Å²) < 4.78 is 0. The van der Waals surface area contributed by atoms with Crippen LogP contribution in [0.1, 0.15) is 10.9 Å². The maximum atomic E-state index is 10.9. The summed E-state index contributed by atoms with van der Waals surface area (Å²) in [5.74, 6) is -0.872. The van der Waals surface area contributed by atoms with Crippen LogP contribution in [-0.2, 0) is 9.63 Å². The van der Waals surface area contributed by atoms with E-state index >= 15 is 0 Å². The standard InChI is InChI=1S/C8H6ClNO3/c9-7(8(11)13-10-12)6-4-2-1-3-5-6/h1-5,7H/t7-/m1/s1. The Morgan fingerprint density at radius 1 is 1.38 bits per heavy atom. The fourth-order valence-electron chi connectivity index (χ4n) is 0.841. The summed E-state index contributed by atoms with van der Waals surface area (Å²) in [6, 6.07) is 8.56. The zero-order valence-electron chi connectivity index (χ0n) is 6.51. The second kappa shape index (κ2) is 4.57. The number of nitrogens with zero attached hydrogens (tertiary/aromatic N) is 1. The van der Waals surface area contributed by atoms with Gasteiger partial charge in [0.1, 0.15) is 0 Å². The van der Waals surface area contributed by atoms with Crippen molar-refractivity contribution >= 4 is 17.6 Å². The highest BCUT2D eigenvalue weighted by Crippen LogP contribution is 2.21. The molecule has 5 heteroatoms. The third kappa shape index (κ3) is 2.52. The van der Waals surface area contributed by atoms with Crippen LogP contribution in [0.3, 0.4) is 0 Å². The minimum atomic E-state index is -0.987. The molecule has 0 unspecified atom stereocenters. The first-order chi connectivity index (χ1) is 6.25. The molecule has 0 aromatic heterocycles. The van der Waals surface area contributed by atoms with Gasteiger partial charge < -0.3 is 0 Å². The van der Waals surface area contributed by atoms with Gasteiger partial charge in [0.15, 0.2) is 10.7 Å². The lowest BCUT2D eigenvalue weighted by molar-refractivity contribution is -0.143. The Hall–Kier alpha value is -1.42. The van der Waals surface area contributed by atoms with Gasteiger partial charge in [0.25, 0.3) is 0 Å². The summed E-state index contributed by atoms with van der Waals surface area (Å²) in [6.45, 7) is 0. The van der Waals surface area contributed by atoms with E-state index in [-0.39, 0.29) is 0 Å². The molecule has 13 heavy (non-hydrogen) atoms. The summed E-state index contributed by atoms with van der Waals surface area (Å²) in [6.07, 6.45) is 0. The Bertz CT molecular complexity index is 302. The molecule has 1 aromatic carbocycles. The molecule has 68 valence electrons. The van der Waals surface area contributed by atoms with Crippen molar-refractivity contribution in [2.75, 3.05) is 0 Å². The van der Waals surface area contributed by atoms with Gasteiger partial charge in [0, 0.05) is 0 Å². The Morgan fingerprint density at radius 2 is 2.00 bits per heavy atom. The van der Waals surface area contributed by atoms with E-state index in [1.807, 2.05) is 5.34 Å². The van der Waals surface area contributed by atoms with Gasteiger partial charge in [-0.15, -0.1) is 16.5 Å². The second-order valence-electron chi connectivity index (χ2n) is 2.26. The van der Waals surface area contributed by atoms with E-state index in [9.17, 15) is 9.70 Å². The van der Waals surface area contributed by atoms with E-state index in [4.69, 9.17) is 11.6 Å². The van der Waals surface area contributed by atoms with Crippen molar-refractivity contribution in [3.05, 3.63) is 40.8 Å². The highest BCUT2D eigenvalue weighted by molar-refractivity contribution is 6.29. The van der Waals surface area contributed by atoms with Crippen molar-refractivity contribution in [1.29, 1.82) is 0 Å². The monoisotopic (exact) mass is 199 g/mol. The highest BCUT2D eigenvalue weighted by atomic mass is 35.5. The fraction of sp³-hybridized carbons (Fsp3) is 0.125. The van der Waals surface area contributed by atoms with Crippen LogP contribution in [0.2, 0.25) is 0 Å².